The van der Waals surface area contributed by atoms with Gasteiger partial charge in [-0.15, -0.1) is 0 Å². The molecule has 2 heteroatoms. The second-order valence-electron chi connectivity index (χ2n) is 5.11. The van der Waals surface area contributed by atoms with Gasteiger partial charge in [0.1, 0.15) is 0 Å². The molecule has 2 saturated carbocycles. The first kappa shape index (κ1) is 10.0. The van der Waals surface area contributed by atoms with Gasteiger partial charge in [0, 0.05) is 5.92 Å². The zero-order valence-electron chi connectivity index (χ0n) is 9.21. The molecular formula is C12H22N2. The second kappa shape index (κ2) is 4.33. The number of nitrogens with two attached hydrogens (primary N) is 1. The molecule has 2 fully saturated rings. The predicted octanol–water partition coefficient (Wildman–Crippen LogP) is 2.72. The normalized spacial score (nSPS) is 35.4. The quantitative estimate of drug-likeness (QED) is 0.532. The molecule has 2 atom stereocenters. The molecule has 2 aliphatic rings. The van der Waals surface area contributed by atoms with Crippen LogP contribution in [0.1, 0.15) is 51.9 Å². The van der Waals surface area contributed by atoms with E-state index in [4.69, 9.17) is 10.7 Å². The van der Waals surface area contributed by atoms with Crippen LogP contribution >= 0.6 is 0 Å². The summed E-state index contributed by atoms with van der Waals surface area (Å²) in [5, 5.41) is 0. The van der Waals surface area contributed by atoms with Crippen LogP contribution in [0.15, 0.2) is 4.99 Å². The van der Waals surface area contributed by atoms with Crippen LogP contribution in [-0.4, -0.2) is 11.9 Å². The summed E-state index contributed by atoms with van der Waals surface area (Å²) < 4.78 is 0. The molecule has 0 bridgehead atoms. The maximum absolute atomic E-state index is 6.05. The zero-order valence-corrected chi connectivity index (χ0v) is 9.21. The van der Waals surface area contributed by atoms with Gasteiger partial charge in [-0.1, -0.05) is 19.8 Å². The van der Waals surface area contributed by atoms with Gasteiger partial charge in [-0.2, -0.15) is 0 Å². The minimum Gasteiger partial charge on any atom is -0.387 e. The van der Waals surface area contributed by atoms with Crippen molar-refractivity contribution >= 4 is 5.84 Å². The first-order chi connectivity index (χ1) is 6.75. The highest BCUT2D eigenvalue weighted by Crippen LogP contribution is 2.29. The minimum absolute atomic E-state index is 0.547. The Balaban J connectivity index is 1.89. The Morgan fingerprint density at radius 1 is 1.14 bits per heavy atom. The Morgan fingerprint density at radius 3 is 2.43 bits per heavy atom. The lowest BCUT2D eigenvalue weighted by atomic mass is 10.1. The number of nitrogens with zero attached hydrogens (tertiary/aromatic N) is 1. The Kier molecular flexibility index (Phi) is 3.09. The van der Waals surface area contributed by atoms with Crippen molar-refractivity contribution in [3.63, 3.8) is 0 Å². The number of amidine groups is 1. The van der Waals surface area contributed by atoms with E-state index < -0.39 is 0 Å². The van der Waals surface area contributed by atoms with E-state index in [2.05, 4.69) is 6.92 Å². The number of aliphatic imine (C=N–C) groups is 1. The van der Waals surface area contributed by atoms with Crippen LogP contribution in [0.4, 0.5) is 0 Å². The molecule has 0 amide bonds. The SMILES string of the molecule is CC1CCC(N=C(N)C2CCCC2)C1. The average molecular weight is 194 g/mol. The Morgan fingerprint density at radius 2 is 1.86 bits per heavy atom. The van der Waals surface area contributed by atoms with E-state index >= 15 is 0 Å². The topological polar surface area (TPSA) is 38.4 Å². The highest BCUT2D eigenvalue weighted by molar-refractivity contribution is 5.83. The molecule has 14 heavy (non-hydrogen) atoms. The number of rotatable bonds is 2. The third-order valence-electron chi connectivity index (χ3n) is 3.77. The third-order valence-corrected chi connectivity index (χ3v) is 3.77. The van der Waals surface area contributed by atoms with Crippen LogP contribution in [0.2, 0.25) is 0 Å². The fraction of sp³-hybridized carbons (Fsp3) is 0.917. The number of hydrogen-bond acceptors (Lipinski definition) is 1. The standard InChI is InChI=1S/C12H22N2/c1-9-6-7-11(8-9)14-12(13)10-4-2-3-5-10/h9-11H,2-8H2,1H3,(H2,13,14). The van der Waals surface area contributed by atoms with Crippen molar-refractivity contribution in [3.8, 4) is 0 Å². The highest BCUT2D eigenvalue weighted by Gasteiger charge is 2.23. The molecule has 2 unspecified atom stereocenters. The van der Waals surface area contributed by atoms with Gasteiger partial charge in [0.15, 0.2) is 0 Å². The zero-order chi connectivity index (χ0) is 9.97. The highest BCUT2D eigenvalue weighted by atomic mass is 14.9. The molecule has 0 radical (unpaired) electrons. The van der Waals surface area contributed by atoms with Crippen molar-refractivity contribution in [2.45, 2.75) is 57.9 Å². The monoisotopic (exact) mass is 194 g/mol. The van der Waals surface area contributed by atoms with E-state index in [0.717, 1.165) is 11.8 Å². The van der Waals surface area contributed by atoms with E-state index in [0.29, 0.717) is 12.0 Å². The molecule has 0 aromatic heterocycles. The maximum atomic E-state index is 6.05. The molecule has 0 spiro atoms. The van der Waals surface area contributed by atoms with Crippen LogP contribution in [-0.2, 0) is 0 Å². The molecule has 2 rings (SSSR count). The van der Waals surface area contributed by atoms with Gasteiger partial charge in [0.2, 0.25) is 0 Å². The summed E-state index contributed by atoms with van der Waals surface area (Å²) >= 11 is 0. The second-order valence-corrected chi connectivity index (χ2v) is 5.11. The summed E-state index contributed by atoms with van der Waals surface area (Å²) in [6.45, 7) is 2.32. The lowest BCUT2D eigenvalue weighted by Crippen LogP contribution is -2.23. The van der Waals surface area contributed by atoms with E-state index in [-0.39, 0.29) is 0 Å². The summed E-state index contributed by atoms with van der Waals surface area (Å²) in [4.78, 5) is 4.70. The predicted molar refractivity (Wildman–Crippen MR) is 60.4 cm³/mol. The lowest BCUT2D eigenvalue weighted by molar-refractivity contribution is 0.591. The minimum atomic E-state index is 0.547. The Bertz CT molecular complexity index is 216. The molecule has 2 N–H and O–H groups in total. The summed E-state index contributed by atoms with van der Waals surface area (Å²) in [5.74, 6) is 2.44. The molecule has 0 aromatic rings. The van der Waals surface area contributed by atoms with Crippen molar-refractivity contribution in [2.75, 3.05) is 0 Å². The fourth-order valence-corrected chi connectivity index (χ4v) is 2.83. The van der Waals surface area contributed by atoms with Crippen molar-refractivity contribution < 1.29 is 0 Å². The van der Waals surface area contributed by atoms with Crippen LogP contribution < -0.4 is 5.73 Å². The van der Waals surface area contributed by atoms with Crippen molar-refractivity contribution in [3.05, 3.63) is 0 Å². The summed E-state index contributed by atoms with van der Waals surface area (Å²) in [7, 11) is 0. The van der Waals surface area contributed by atoms with Gasteiger partial charge in [0.25, 0.3) is 0 Å². The van der Waals surface area contributed by atoms with Gasteiger partial charge in [-0.25, -0.2) is 0 Å². The Hall–Kier alpha value is -0.530. The number of hydrogen-bond donors (Lipinski definition) is 1. The molecule has 2 nitrogen and oxygen atoms in total. The third kappa shape index (κ3) is 2.28. The first-order valence-corrected chi connectivity index (χ1v) is 6.09. The van der Waals surface area contributed by atoms with Crippen LogP contribution in [0, 0.1) is 11.8 Å². The summed E-state index contributed by atoms with van der Waals surface area (Å²) in [6, 6.07) is 0.547. The van der Waals surface area contributed by atoms with Crippen LogP contribution in [0.5, 0.6) is 0 Å². The smallest absolute Gasteiger partial charge is 0.0971 e. The van der Waals surface area contributed by atoms with E-state index in [1.54, 1.807) is 0 Å². The van der Waals surface area contributed by atoms with Gasteiger partial charge < -0.3 is 5.73 Å². The largest absolute Gasteiger partial charge is 0.387 e. The van der Waals surface area contributed by atoms with Crippen molar-refractivity contribution in [2.24, 2.45) is 22.6 Å². The van der Waals surface area contributed by atoms with Gasteiger partial charge in [-0.3, -0.25) is 4.99 Å². The van der Waals surface area contributed by atoms with Crippen molar-refractivity contribution in [1.82, 2.24) is 0 Å². The Labute approximate surface area is 87.0 Å². The summed E-state index contributed by atoms with van der Waals surface area (Å²) in [5.41, 5.74) is 6.05. The van der Waals surface area contributed by atoms with Gasteiger partial charge in [-0.05, 0) is 38.0 Å². The molecular weight excluding hydrogens is 172 g/mol. The molecule has 0 saturated heterocycles. The molecule has 0 heterocycles. The van der Waals surface area contributed by atoms with E-state index in [1.165, 1.54) is 44.9 Å². The fourth-order valence-electron chi connectivity index (χ4n) is 2.83. The van der Waals surface area contributed by atoms with Gasteiger partial charge in [0.05, 0.1) is 11.9 Å². The van der Waals surface area contributed by atoms with E-state index in [9.17, 15) is 0 Å². The molecule has 80 valence electrons. The average Bonchev–Trinajstić information content (AvgIpc) is 2.75. The van der Waals surface area contributed by atoms with Crippen molar-refractivity contribution in [1.29, 1.82) is 0 Å². The van der Waals surface area contributed by atoms with Gasteiger partial charge >= 0.3 is 0 Å². The van der Waals surface area contributed by atoms with E-state index in [1.807, 2.05) is 0 Å². The molecule has 0 aromatic carbocycles. The van der Waals surface area contributed by atoms with Crippen LogP contribution in [0.25, 0.3) is 0 Å². The lowest BCUT2D eigenvalue weighted by Gasteiger charge is -2.11. The van der Waals surface area contributed by atoms with Crippen LogP contribution in [0.3, 0.4) is 0 Å². The molecule has 2 aliphatic carbocycles. The maximum Gasteiger partial charge on any atom is 0.0971 e. The summed E-state index contributed by atoms with van der Waals surface area (Å²) in [6.07, 6.45) is 9.10. The molecule has 0 aliphatic heterocycles. The first-order valence-electron chi connectivity index (χ1n) is 6.09.